The number of aromatic nitrogens is 1. The molecule has 0 bridgehead atoms. The van der Waals surface area contributed by atoms with E-state index in [4.69, 9.17) is 0 Å². The van der Waals surface area contributed by atoms with Gasteiger partial charge in [-0.05, 0) is 49.7 Å². The van der Waals surface area contributed by atoms with Crippen molar-refractivity contribution in [1.82, 2.24) is 4.98 Å². The van der Waals surface area contributed by atoms with Crippen LogP contribution in [0.25, 0.3) is 0 Å². The summed E-state index contributed by atoms with van der Waals surface area (Å²) >= 11 is 0. The number of hydrogen-bond donors (Lipinski definition) is 1. The lowest BCUT2D eigenvalue weighted by atomic mass is 9.65. The molecule has 2 rings (SSSR count). The summed E-state index contributed by atoms with van der Waals surface area (Å²) in [5.74, 6) is 1.54. The molecule has 2 nitrogen and oxygen atoms in total. The highest BCUT2D eigenvalue weighted by Gasteiger charge is 2.42. The average molecular weight is 261 g/mol. The van der Waals surface area contributed by atoms with Crippen molar-refractivity contribution >= 4 is 0 Å². The summed E-state index contributed by atoms with van der Waals surface area (Å²) in [6, 6.07) is 6.09. The summed E-state index contributed by atoms with van der Waals surface area (Å²) in [7, 11) is 0. The molecule has 0 aromatic carbocycles. The van der Waals surface area contributed by atoms with E-state index in [0.29, 0.717) is 24.2 Å². The zero-order valence-electron chi connectivity index (χ0n) is 12.7. The second-order valence-electron chi connectivity index (χ2n) is 6.79. The SMILES string of the molecule is Cc1cccc(C[C@]2(O)C[C@H](C)CC[C@H]2C(C)C)n1. The standard InChI is InChI=1S/C17H27NO/c1-12(2)16-9-8-13(3)10-17(16,19)11-15-7-5-6-14(4)18-15/h5-7,12-13,16,19H,8-11H2,1-4H3/t13-,16+,17-/m1/s1. The van der Waals surface area contributed by atoms with Crippen molar-refractivity contribution < 1.29 is 5.11 Å². The van der Waals surface area contributed by atoms with Crippen molar-refractivity contribution in [2.24, 2.45) is 17.8 Å². The summed E-state index contributed by atoms with van der Waals surface area (Å²) in [6.45, 7) is 8.73. The van der Waals surface area contributed by atoms with Gasteiger partial charge in [-0.15, -0.1) is 0 Å². The minimum Gasteiger partial charge on any atom is -0.389 e. The Bertz CT molecular complexity index is 429. The maximum absolute atomic E-state index is 11.2. The van der Waals surface area contributed by atoms with Crippen molar-refractivity contribution in [3.63, 3.8) is 0 Å². The van der Waals surface area contributed by atoms with E-state index in [1.54, 1.807) is 0 Å². The summed E-state index contributed by atoms with van der Waals surface area (Å²) in [5, 5.41) is 11.2. The first-order valence-electron chi connectivity index (χ1n) is 7.55. The quantitative estimate of drug-likeness (QED) is 0.898. The summed E-state index contributed by atoms with van der Waals surface area (Å²) in [5.41, 5.74) is 1.49. The Morgan fingerprint density at radius 1 is 1.37 bits per heavy atom. The molecule has 1 fully saturated rings. The number of aliphatic hydroxyl groups is 1. The highest BCUT2D eigenvalue weighted by atomic mass is 16.3. The number of nitrogens with zero attached hydrogens (tertiary/aromatic N) is 1. The van der Waals surface area contributed by atoms with E-state index in [0.717, 1.165) is 24.2 Å². The molecule has 0 aliphatic heterocycles. The van der Waals surface area contributed by atoms with Gasteiger partial charge in [0.05, 0.1) is 5.60 Å². The predicted molar refractivity (Wildman–Crippen MR) is 79.0 cm³/mol. The Morgan fingerprint density at radius 2 is 2.11 bits per heavy atom. The summed E-state index contributed by atoms with van der Waals surface area (Å²) in [6.07, 6.45) is 3.99. The Labute approximate surface area is 117 Å². The third-order valence-corrected chi connectivity index (χ3v) is 4.60. The molecule has 19 heavy (non-hydrogen) atoms. The normalized spacial score (nSPS) is 31.7. The van der Waals surface area contributed by atoms with Crippen LogP contribution < -0.4 is 0 Å². The molecule has 1 N–H and O–H groups in total. The van der Waals surface area contributed by atoms with Crippen LogP contribution in [0.3, 0.4) is 0 Å². The van der Waals surface area contributed by atoms with Gasteiger partial charge in [0.15, 0.2) is 0 Å². The van der Waals surface area contributed by atoms with Crippen molar-refractivity contribution in [1.29, 1.82) is 0 Å². The number of hydrogen-bond acceptors (Lipinski definition) is 2. The third kappa shape index (κ3) is 3.36. The fraction of sp³-hybridized carbons (Fsp3) is 0.706. The maximum Gasteiger partial charge on any atom is 0.0736 e. The zero-order chi connectivity index (χ0) is 14.0. The van der Waals surface area contributed by atoms with Crippen LogP contribution in [0.1, 0.15) is 51.4 Å². The molecule has 1 saturated carbocycles. The molecule has 0 radical (unpaired) electrons. The van der Waals surface area contributed by atoms with Gasteiger partial charge in [0, 0.05) is 17.8 Å². The molecular weight excluding hydrogens is 234 g/mol. The van der Waals surface area contributed by atoms with E-state index < -0.39 is 5.60 Å². The molecular formula is C17H27NO. The zero-order valence-corrected chi connectivity index (χ0v) is 12.7. The fourth-order valence-corrected chi connectivity index (χ4v) is 3.76. The number of aryl methyl sites for hydroxylation is 1. The van der Waals surface area contributed by atoms with E-state index in [1.165, 1.54) is 6.42 Å². The highest BCUT2D eigenvalue weighted by molar-refractivity contribution is 5.13. The smallest absolute Gasteiger partial charge is 0.0736 e. The van der Waals surface area contributed by atoms with Gasteiger partial charge < -0.3 is 5.11 Å². The molecule has 1 aromatic rings. The minimum atomic E-state index is -0.577. The van der Waals surface area contributed by atoms with E-state index in [2.05, 4.69) is 25.8 Å². The molecule has 0 amide bonds. The molecule has 3 atom stereocenters. The van der Waals surface area contributed by atoms with Crippen LogP contribution in [-0.2, 0) is 6.42 Å². The molecule has 1 heterocycles. The molecule has 1 aliphatic carbocycles. The van der Waals surface area contributed by atoms with E-state index >= 15 is 0 Å². The first kappa shape index (κ1) is 14.5. The van der Waals surface area contributed by atoms with E-state index in [1.807, 2.05) is 25.1 Å². The van der Waals surface area contributed by atoms with Crippen molar-refractivity contribution in [2.45, 2.75) is 59.0 Å². The number of pyridine rings is 1. The topological polar surface area (TPSA) is 33.1 Å². The van der Waals surface area contributed by atoms with Crippen LogP contribution in [0.2, 0.25) is 0 Å². The van der Waals surface area contributed by atoms with Gasteiger partial charge >= 0.3 is 0 Å². The van der Waals surface area contributed by atoms with Crippen molar-refractivity contribution in [3.8, 4) is 0 Å². The first-order chi connectivity index (χ1) is 8.90. The van der Waals surface area contributed by atoms with Crippen LogP contribution in [0.4, 0.5) is 0 Å². The lowest BCUT2D eigenvalue weighted by molar-refractivity contribution is -0.0801. The van der Waals surface area contributed by atoms with Crippen LogP contribution in [0.15, 0.2) is 18.2 Å². The van der Waals surface area contributed by atoms with Gasteiger partial charge in [-0.3, -0.25) is 4.98 Å². The fourth-order valence-electron chi connectivity index (χ4n) is 3.76. The van der Waals surface area contributed by atoms with Gasteiger partial charge in [0.25, 0.3) is 0 Å². The lowest BCUT2D eigenvalue weighted by Crippen LogP contribution is -2.47. The molecule has 0 saturated heterocycles. The Kier molecular flexibility index (Phi) is 4.29. The Morgan fingerprint density at radius 3 is 2.74 bits per heavy atom. The molecule has 2 heteroatoms. The maximum atomic E-state index is 11.2. The largest absolute Gasteiger partial charge is 0.389 e. The van der Waals surface area contributed by atoms with Gasteiger partial charge in [-0.1, -0.05) is 33.3 Å². The predicted octanol–water partition coefficient (Wildman–Crippen LogP) is 3.76. The minimum absolute atomic E-state index is 0.394. The molecule has 1 aromatic heterocycles. The lowest BCUT2D eigenvalue weighted by Gasteiger charge is -2.44. The van der Waals surface area contributed by atoms with Crippen LogP contribution in [0, 0.1) is 24.7 Å². The van der Waals surface area contributed by atoms with Crippen LogP contribution >= 0.6 is 0 Å². The molecule has 1 aliphatic rings. The average Bonchev–Trinajstić information content (AvgIpc) is 2.27. The summed E-state index contributed by atoms with van der Waals surface area (Å²) < 4.78 is 0. The second-order valence-corrected chi connectivity index (χ2v) is 6.79. The monoisotopic (exact) mass is 261 g/mol. The molecule has 0 spiro atoms. The van der Waals surface area contributed by atoms with Crippen LogP contribution in [-0.4, -0.2) is 15.7 Å². The van der Waals surface area contributed by atoms with E-state index in [-0.39, 0.29) is 0 Å². The Balaban J connectivity index is 2.21. The highest BCUT2D eigenvalue weighted by Crippen LogP contribution is 2.42. The van der Waals surface area contributed by atoms with E-state index in [9.17, 15) is 5.11 Å². The first-order valence-corrected chi connectivity index (χ1v) is 7.55. The molecule has 106 valence electrons. The van der Waals surface area contributed by atoms with Gasteiger partial charge in [-0.25, -0.2) is 0 Å². The van der Waals surface area contributed by atoms with Crippen molar-refractivity contribution in [2.75, 3.05) is 0 Å². The van der Waals surface area contributed by atoms with Crippen molar-refractivity contribution in [3.05, 3.63) is 29.6 Å². The molecule has 0 unspecified atom stereocenters. The second kappa shape index (κ2) is 5.62. The van der Waals surface area contributed by atoms with Gasteiger partial charge in [-0.2, -0.15) is 0 Å². The third-order valence-electron chi connectivity index (χ3n) is 4.60. The van der Waals surface area contributed by atoms with Gasteiger partial charge in [0.2, 0.25) is 0 Å². The Hall–Kier alpha value is -0.890. The number of rotatable bonds is 3. The van der Waals surface area contributed by atoms with Gasteiger partial charge in [0.1, 0.15) is 0 Å². The summed E-state index contributed by atoms with van der Waals surface area (Å²) in [4.78, 5) is 4.57. The van der Waals surface area contributed by atoms with Crippen LogP contribution in [0.5, 0.6) is 0 Å².